The smallest absolute Gasteiger partial charge is 0.0436 e. The molecule has 1 aliphatic carbocycles. The van der Waals surface area contributed by atoms with Crippen LogP contribution in [0, 0.1) is 6.92 Å². The molecule has 0 fully saturated rings. The Kier molecular flexibility index (Phi) is 2.87. The van der Waals surface area contributed by atoms with E-state index in [9.17, 15) is 0 Å². The summed E-state index contributed by atoms with van der Waals surface area (Å²) >= 11 is 0. The standard InChI is InChI=1S/C13H18O/c1-10-4-2-7-13-11(8-9-14)5-3-6-12(10)13/h2,4,7,11,14H,3,5-6,8-9H2,1H3. The summed E-state index contributed by atoms with van der Waals surface area (Å²) in [5, 5.41) is 9.01. The van der Waals surface area contributed by atoms with Crippen molar-refractivity contribution in [3.8, 4) is 0 Å². The van der Waals surface area contributed by atoms with E-state index < -0.39 is 0 Å². The van der Waals surface area contributed by atoms with Crippen LogP contribution in [0.5, 0.6) is 0 Å². The Morgan fingerprint density at radius 2 is 2.29 bits per heavy atom. The van der Waals surface area contributed by atoms with E-state index in [4.69, 9.17) is 5.11 Å². The fourth-order valence-corrected chi connectivity index (χ4v) is 2.59. The lowest BCUT2D eigenvalue weighted by Gasteiger charge is -2.26. The Bertz CT molecular complexity index is 317. The van der Waals surface area contributed by atoms with Crippen LogP contribution >= 0.6 is 0 Å². The van der Waals surface area contributed by atoms with E-state index in [0.717, 1.165) is 6.42 Å². The quantitative estimate of drug-likeness (QED) is 0.760. The van der Waals surface area contributed by atoms with Crippen LogP contribution in [0.25, 0.3) is 0 Å². The number of hydrogen-bond donors (Lipinski definition) is 1. The first-order chi connectivity index (χ1) is 6.83. The van der Waals surface area contributed by atoms with Crippen molar-refractivity contribution >= 4 is 0 Å². The van der Waals surface area contributed by atoms with Gasteiger partial charge in [0.15, 0.2) is 0 Å². The van der Waals surface area contributed by atoms with Gasteiger partial charge in [0.05, 0.1) is 0 Å². The van der Waals surface area contributed by atoms with E-state index in [0.29, 0.717) is 12.5 Å². The molecule has 0 heterocycles. The largest absolute Gasteiger partial charge is 0.396 e. The van der Waals surface area contributed by atoms with Crippen LogP contribution in [0.4, 0.5) is 0 Å². The van der Waals surface area contributed by atoms with Gasteiger partial charge in [-0.05, 0) is 55.2 Å². The Morgan fingerprint density at radius 3 is 3.07 bits per heavy atom. The fraction of sp³-hybridized carbons (Fsp3) is 0.538. The zero-order chi connectivity index (χ0) is 9.97. The highest BCUT2D eigenvalue weighted by Crippen LogP contribution is 2.34. The maximum atomic E-state index is 9.01. The molecule has 1 aliphatic rings. The van der Waals surface area contributed by atoms with Crippen molar-refractivity contribution in [3.63, 3.8) is 0 Å². The number of benzene rings is 1. The van der Waals surface area contributed by atoms with E-state index in [2.05, 4.69) is 25.1 Å². The molecule has 0 amide bonds. The van der Waals surface area contributed by atoms with Crippen LogP contribution in [0.1, 0.15) is 41.9 Å². The molecular weight excluding hydrogens is 172 g/mol. The molecule has 2 rings (SSSR count). The molecule has 1 aromatic rings. The van der Waals surface area contributed by atoms with Crippen molar-refractivity contribution in [2.45, 2.75) is 38.5 Å². The van der Waals surface area contributed by atoms with Crippen molar-refractivity contribution in [2.24, 2.45) is 0 Å². The van der Waals surface area contributed by atoms with E-state index >= 15 is 0 Å². The van der Waals surface area contributed by atoms with Crippen molar-refractivity contribution in [1.82, 2.24) is 0 Å². The normalized spacial score (nSPS) is 20.6. The third-order valence-corrected chi connectivity index (χ3v) is 3.34. The molecule has 0 aromatic heterocycles. The van der Waals surface area contributed by atoms with Gasteiger partial charge in [0.25, 0.3) is 0 Å². The average Bonchev–Trinajstić information content (AvgIpc) is 2.20. The second kappa shape index (κ2) is 4.14. The van der Waals surface area contributed by atoms with E-state index in [1.165, 1.54) is 36.0 Å². The monoisotopic (exact) mass is 190 g/mol. The minimum Gasteiger partial charge on any atom is -0.396 e. The lowest BCUT2D eigenvalue weighted by atomic mass is 9.79. The molecule has 0 radical (unpaired) electrons. The molecule has 0 spiro atoms. The van der Waals surface area contributed by atoms with Crippen molar-refractivity contribution < 1.29 is 5.11 Å². The Labute approximate surface area is 85.8 Å². The Morgan fingerprint density at radius 1 is 1.43 bits per heavy atom. The van der Waals surface area contributed by atoms with Crippen molar-refractivity contribution in [1.29, 1.82) is 0 Å². The first-order valence-corrected chi connectivity index (χ1v) is 5.52. The minimum atomic E-state index is 0.318. The highest BCUT2D eigenvalue weighted by atomic mass is 16.3. The predicted octanol–water partition coefficient (Wildman–Crippen LogP) is 2.80. The van der Waals surface area contributed by atoms with Gasteiger partial charge in [-0.25, -0.2) is 0 Å². The summed E-state index contributed by atoms with van der Waals surface area (Å²) in [6, 6.07) is 6.58. The molecule has 1 aromatic carbocycles. The highest BCUT2D eigenvalue weighted by Gasteiger charge is 2.20. The third-order valence-electron chi connectivity index (χ3n) is 3.34. The van der Waals surface area contributed by atoms with E-state index in [1.807, 2.05) is 0 Å². The molecule has 1 atom stereocenters. The van der Waals surface area contributed by atoms with Gasteiger partial charge in [-0.2, -0.15) is 0 Å². The van der Waals surface area contributed by atoms with Gasteiger partial charge in [0.1, 0.15) is 0 Å². The lowest BCUT2D eigenvalue weighted by molar-refractivity contribution is 0.269. The van der Waals surface area contributed by atoms with Crippen LogP contribution < -0.4 is 0 Å². The Balaban J connectivity index is 2.34. The van der Waals surface area contributed by atoms with E-state index in [-0.39, 0.29) is 0 Å². The number of fused-ring (bicyclic) bond motifs is 1. The molecule has 0 bridgehead atoms. The summed E-state index contributed by atoms with van der Waals surface area (Å²) in [6.07, 6.45) is 4.68. The maximum absolute atomic E-state index is 9.01. The van der Waals surface area contributed by atoms with Crippen LogP contribution in [0.2, 0.25) is 0 Å². The third kappa shape index (κ3) is 1.69. The summed E-state index contributed by atoms with van der Waals surface area (Å²) in [5.74, 6) is 0.601. The molecule has 1 unspecified atom stereocenters. The van der Waals surface area contributed by atoms with Gasteiger partial charge >= 0.3 is 0 Å². The fourth-order valence-electron chi connectivity index (χ4n) is 2.59. The number of aryl methyl sites for hydroxylation is 1. The van der Waals surface area contributed by atoms with Crippen molar-refractivity contribution in [2.75, 3.05) is 6.61 Å². The summed E-state index contributed by atoms with van der Waals surface area (Å²) in [6.45, 7) is 2.51. The summed E-state index contributed by atoms with van der Waals surface area (Å²) in [5.41, 5.74) is 4.45. The molecule has 76 valence electrons. The lowest BCUT2D eigenvalue weighted by Crippen LogP contribution is -2.12. The maximum Gasteiger partial charge on any atom is 0.0436 e. The second-order valence-electron chi connectivity index (χ2n) is 4.24. The van der Waals surface area contributed by atoms with Crippen molar-refractivity contribution in [3.05, 3.63) is 34.9 Å². The molecule has 0 aliphatic heterocycles. The SMILES string of the molecule is Cc1cccc2c1CCCC2CCO. The van der Waals surface area contributed by atoms with Crippen LogP contribution in [0.15, 0.2) is 18.2 Å². The number of aliphatic hydroxyl groups excluding tert-OH is 1. The molecular formula is C13H18O. The molecule has 1 heteroatoms. The number of rotatable bonds is 2. The molecule has 0 saturated heterocycles. The van der Waals surface area contributed by atoms with E-state index in [1.54, 1.807) is 0 Å². The number of hydrogen-bond acceptors (Lipinski definition) is 1. The van der Waals surface area contributed by atoms with Gasteiger partial charge < -0.3 is 5.11 Å². The minimum absolute atomic E-state index is 0.318. The zero-order valence-corrected chi connectivity index (χ0v) is 8.79. The first kappa shape index (κ1) is 9.72. The van der Waals surface area contributed by atoms with Gasteiger partial charge in [-0.3, -0.25) is 0 Å². The summed E-state index contributed by atoms with van der Waals surface area (Å²) in [4.78, 5) is 0. The van der Waals surface area contributed by atoms with Crippen LogP contribution in [-0.2, 0) is 6.42 Å². The predicted molar refractivity (Wildman–Crippen MR) is 58.6 cm³/mol. The molecule has 1 N–H and O–H groups in total. The van der Waals surface area contributed by atoms with Gasteiger partial charge in [-0.1, -0.05) is 18.2 Å². The second-order valence-corrected chi connectivity index (χ2v) is 4.24. The average molecular weight is 190 g/mol. The Hall–Kier alpha value is -0.820. The molecule has 1 nitrogen and oxygen atoms in total. The topological polar surface area (TPSA) is 20.2 Å². The van der Waals surface area contributed by atoms with Crippen LogP contribution in [-0.4, -0.2) is 11.7 Å². The van der Waals surface area contributed by atoms with Gasteiger partial charge in [0.2, 0.25) is 0 Å². The van der Waals surface area contributed by atoms with Gasteiger partial charge in [0, 0.05) is 6.61 Å². The number of aliphatic hydroxyl groups is 1. The van der Waals surface area contributed by atoms with Gasteiger partial charge in [-0.15, -0.1) is 0 Å². The van der Waals surface area contributed by atoms with Crippen LogP contribution in [0.3, 0.4) is 0 Å². The molecule has 0 saturated carbocycles. The summed E-state index contributed by atoms with van der Waals surface area (Å²) < 4.78 is 0. The first-order valence-electron chi connectivity index (χ1n) is 5.52. The summed E-state index contributed by atoms with van der Waals surface area (Å²) in [7, 11) is 0. The zero-order valence-electron chi connectivity index (χ0n) is 8.79. The highest BCUT2D eigenvalue weighted by molar-refractivity contribution is 5.38. The molecule has 14 heavy (non-hydrogen) atoms.